The standard InChI is InChI=1S/C15H18F3NO/c1-10-6-7-19-11(8-10)9-14(20)12-4-2-3-5-13(12)15(16,17)18/h2-5,10-11,19H,6-9H2,1H3. The Morgan fingerprint density at radius 1 is 1.35 bits per heavy atom. The van der Waals surface area contributed by atoms with Crippen LogP contribution in [-0.4, -0.2) is 18.4 Å². The van der Waals surface area contributed by atoms with Crippen molar-refractivity contribution in [3.05, 3.63) is 35.4 Å². The normalized spacial score (nSPS) is 23.6. The van der Waals surface area contributed by atoms with Gasteiger partial charge in [-0.25, -0.2) is 0 Å². The van der Waals surface area contributed by atoms with Gasteiger partial charge in [-0.3, -0.25) is 4.79 Å². The van der Waals surface area contributed by atoms with Crippen molar-refractivity contribution in [2.24, 2.45) is 5.92 Å². The topological polar surface area (TPSA) is 29.1 Å². The van der Waals surface area contributed by atoms with Gasteiger partial charge in [0.05, 0.1) is 5.56 Å². The van der Waals surface area contributed by atoms with Crippen LogP contribution in [0.4, 0.5) is 13.2 Å². The number of Topliss-reactive ketones (excluding diaryl/α,β-unsaturated/α-hetero) is 1. The number of hydrogen-bond donors (Lipinski definition) is 1. The second-order valence-corrected chi connectivity index (χ2v) is 5.45. The maximum absolute atomic E-state index is 12.9. The van der Waals surface area contributed by atoms with Crippen molar-refractivity contribution in [2.75, 3.05) is 6.54 Å². The summed E-state index contributed by atoms with van der Waals surface area (Å²) in [4.78, 5) is 12.1. The Morgan fingerprint density at radius 2 is 2.05 bits per heavy atom. The molecule has 110 valence electrons. The quantitative estimate of drug-likeness (QED) is 0.859. The molecule has 2 nitrogen and oxygen atoms in total. The predicted octanol–water partition coefficient (Wildman–Crippen LogP) is 3.67. The number of piperidine rings is 1. The highest BCUT2D eigenvalue weighted by Crippen LogP contribution is 2.32. The van der Waals surface area contributed by atoms with Gasteiger partial charge in [0.15, 0.2) is 5.78 Å². The number of carbonyl (C=O) groups excluding carboxylic acids is 1. The van der Waals surface area contributed by atoms with Gasteiger partial charge in [0.2, 0.25) is 0 Å². The fourth-order valence-corrected chi connectivity index (χ4v) is 2.68. The van der Waals surface area contributed by atoms with E-state index in [1.165, 1.54) is 18.2 Å². The molecular weight excluding hydrogens is 267 g/mol. The summed E-state index contributed by atoms with van der Waals surface area (Å²) in [5.41, 5.74) is -1.06. The Morgan fingerprint density at radius 3 is 2.70 bits per heavy atom. The van der Waals surface area contributed by atoms with Crippen molar-refractivity contribution >= 4 is 5.78 Å². The van der Waals surface area contributed by atoms with Crippen LogP contribution in [0.25, 0.3) is 0 Å². The molecule has 1 aromatic carbocycles. The van der Waals surface area contributed by atoms with E-state index in [0.717, 1.165) is 25.5 Å². The zero-order valence-corrected chi connectivity index (χ0v) is 11.3. The third-order valence-electron chi connectivity index (χ3n) is 3.72. The highest BCUT2D eigenvalue weighted by molar-refractivity contribution is 5.98. The van der Waals surface area contributed by atoms with Gasteiger partial charge in [0.25, 0.3) is 0 Å². The van der Waals surface area contributed by atoms with Crippen LogP contribution < -0.4 is 5.32 Å². The Labute approximate surface area is 116 Å². The van der Waals surface area contributed by atoms with Gasteiger partial charge in [0, 0.05) is 18.0 Å². The average Bonchev–Trinajstić information content (AvgIpc) is 2.37. The van der Waals surface area contributed by atoms with Gasteiger partial charge in [-0.15, -0.1) is 0 Å². The van der Waals surface area contributed by atoms with Crippen LogP contribution in [0.5, 0.6) is 0 Å². The second kappa shape index (κ2) is 5.95. The molecule has 1 heterocycles. The van der Waals surface area contributed by atoms with Gasteiger partial charge in [-0.05, 0) is 31.4 Å². The lowest BCUT2D eigenvalue weighted by molar-refractivity contribution is -0.137. The number of alkyl halides is 3. The van der Waals surface area contributed by atoms with E-state index in [1.54, 1.807) is 0 Å². The number of hydrogen-bond acceptors (Lipinski definition) is 2. The van der Waals surface area contributed by atoms with Gasteiger partial charge >= 0.3 is 6.18 Å². The summed E-state index contributed by atoms with van der Waals surface area (Å²) in [6.07, 6.45) is -2.49. The molecule has 2 rings (SSSR count). The van der Waals surface area contributed by atoms with Crippen molar-refractivity contribution in [3.63, 3.8) is 0 Å². The molecule has 0 aromatic heterocycles. The summed E-state index contributed by atoms with van der Waals surface area (Å²) in [6, 6.07) is 4.98. The van der Waals surface area contributed by atoms with E-state index < -0.39 is 17.5 Å². The first-order valence-corrected chi connectivity index (χ1v) is 6.80. The molecule has 2 atom stereocenters. The molecule has 1 fully saturated rings. The number of benzene rings is 1. The predicted molar refractivity (Wildman–Crippen MR) is 70.6 cm³/mol. The van der Waals surface area contributed by atoms with Gasteiger partial charge in [-0.2, -0.15) is 13.2 Å². The van der Waals surface area contributed by atoms with Crippen LogP contribution in [0.2, 0.25) is 0 Å². The average molecular weight is 285 g/mol. The summed E-state index contributed by atoms with van der Waals surface area (Å²) in [6.45, 7) is 2.92. The SMILES string of the molecule is CC1CCNC(CC(=O)c2ccccc2C(F)(F)F)C1. The molecule has 1 aromatic rings. The Balaban J connectivity index is 2.13. The van der Waals surface area contributed by atoms with Gasteiger partial charge in [0.1, 0.15) is 0 Å². The molecule has 1 N–H and O–H groups in total. The smallest absolute Gasteiger partial charge is 0.314 e. The van der Waals surface area contributed by atoms with E-state index in [4.69, 9.17) is 0 Å². The largest absolute Gasteiger partial charge is 0.417 e. The third-order valence-corrected chi connectivity index (χ3v) is 3.72. The number of halogens is 3. The molecule has 20 heavy (non-hydrogen) atoms. The highest BCUT2D eigenvalue weighted by atomic mass is 19.4. The summed E-state index contributed by atoms with van der Waals surface area (Å²) in [7, 11) is 0. The molecule has 1 aliphatic rings. The molecule has 2 unspecified atom stereocenters. The van der Waals surface area contributed by atoms with Crippen molar-refractivity contribution < 1.29 is 18.0 Å². The molecule has 0 saturated carbocycles. The molecule has 5 heteroatoms. The lowest BCUT2D eigenvalue weighted by Gasteiger charge is -2.28. The molecule has 0 spiro atoms. The number of nitrogens with one attached hydrogen (secondary N) is 1. The molecule has 0 radical (unpaired) electrons. The molecule has 1 saturated heterocycles. The lowest BCUT2D eigenvalue weighted by atomic mass is 9.89. The van der Waals surface area contributed by atoms with Crippen LogP contribution in [0.1, 0.15) is 42.1 Å². The molecule has 0 bridgehead atoms. The van der Waals surface area contributed by atoms with Crippen molar-refractivity contribution in [3.8, 4) is 0 Å². The van der Waals surface area contributed by atoms with E-state index in [9.17, 15) is 18.0 Å². The third kappa shape index (κ3) is 3.60. The summed E-state index contributed by atoms with van der Waals surface area (Å²) >= 11 is 0. The fourth-order valence-electron chi connectivity index (χ4n) is 2.68. The minimum absolute atomic E-state index is 0.0208. The van der Waals surface area contributed by atoms with Crippen LogP contribution in [0.3, 0.4) is 0 Å². The van der Waals surface area contributed by atoms with E-state index in [-0.39, 0.29) is 18.0 Å². The summed E-state index contributed by atoms with van der Waals surface area (Å²) < 4.78 is 38.6. The fraction of sp³-hybridized carbons (Fsp3) is 0.533. The van der Waals surface area contributed by atoms with Gasteiger partial charge in [-0.1, -0.05) is 25.1 Å². The first-order chi connectivity index (χ1) is 9.38. The number of carbonyl (C=O) groups is 1. The minimum atomic E-state index is -4.49. The van der Waals surface area contributed by atoms with Crippen LogP contribution in [-0.2, 0) is 6.18 Å². The molecule has 0 amide bonds. The van der Waals surface area contributed by atoms with Crippen molar-refractivity contribution in [1.29, 1.82) is 0 Å². The number of rotatable bonds is 3. The van der Waals surface area contributed by atoms with Gasteiger partial charge < -0.3 is 5.32 Å². The van der Waals surface area contributed by atoms with Crippen LogP contribution in [0, 0.1) is 5.92 Å². The van der Waals surface area contributed by atoms with Crippen LogP contribution >= 0.6 is 0 Å². The van der Waals surface area contributed by atoms with Crippen molar-refractivity contribution in [2.45, 2.75) is 38.4 Å². The minimum Gasteiger partial charge on any atom is -0.314 e. The van der Waals surface area contributed by atoms with E-state index in [1.807, 2.05) is 0 Å². The summed E-state index contributed by atoms with van der Waals surface area (Å²) in [5.74, 6) is 0.0661. The second-order valence-electron chi connectivity index (χ2n) is 5.45. The van der Waals surface area contributed by atoms with Crippen molar-refractivity contribution in [1.82, 2.24) is 5.32 Å². The Kier molecular flexibility index (Phi) is 4.48. The monoisotopic (exact) mass is 285 g/mol. The molecule has 1 aliphatic heterocycles. The summed E-state index contributed by atoms with van der Waals surface area (Å²) in [5, 5.41) is 3.21. The zero-order valence-electron chi connectivity index (χ0n) is 11.3. The first-order valence-electron chi connectivity index (χ1n) is 6.80. The molecule has 0 aliphatic carbocycles. The Bertz CT molecular complexity index is 484. The maximum Gasteiger partial charge on any atom is 0.417 e. The first kappa shape index (κ1) is 15.0. The number of ketones is 1. The maximum atomic E-state index is 12.9. The zero-order chi connectivity index (χ0) is 14.8. The lowest BCUT2D eigenvalue weighted by Crippen LogP contribution is -2.39. The van der Waals surface area contributed by atoms with E-state index in [2.05, 4.69) is 12.2 Å². The van der Waals surface area contributed by atoms with E-state index in [0.29, 0.717) is 5.92 Å². The highest BCUT2D eigenvalue weighted by Gasteiger charge is 2.35. The van der Waals surface area contributed by atoms with E-state index >= 15 is 0 Å². The molecular formula is C15H18F3NO. The van der Waals surface area contributed by atoms with Crippen LogP contribution in [0.15, 0.2) is 24.3 Å². The Hall–Kier alpha value is -1.36.